The Balaban J connectivity index is 1.83. The lowest BCUT2D eigenvalue weighted by Gasteiger charge is -2.17. The Kier molecular flexibility index (Phi) is 5.29. The van der Waals surface area contributed by atoms with Crippen LogP contribution in [0.4, 0.5) is 5.69 Å². The predicted octanol–water partition coefficient (Wildman–Crippen LogP) is 4.52. The van der Waals surface area contributed by atoms with Crippen molar-refractivity contribution < 1.29 is 16.0 Å². The number of hydrogen-bond donors (Lipinski definition) is 1. The molecule has 1 atom stereocenters. The Bertz CT molecular complexity index is 1000. The fraction of sp³-hybridized carbons (Fsp3) is 0.318. The summed E-state index contributed by atoms with van der Waals surface area (Å²) in [5, 5.41) is 2.81. The second kappa shape index (κ2) is 8.53. The van der Waals surface area contributed by atoms with Crippen LogP contribution in [-0.4, -0.2) is 20.0 Å². The largest absolute Gasteiger partial charge is 0.322 e. The lowest BCUT2D eigenvalue weighted by molar-refractivity contribution is -0.113. The van der Waals surface area contributed by atoms with E-state index >= 15 is 0 Å². The number of allylic oxidation sites excluding steroid dienone is 1. The zero-order valence-electron chi connectivity index (χ0n) is 17.3. The van der Waals surface area contributed by atoms with Crippen molar-refractivity contribution in [2.45, 2.75) is 37.5 Å². The minimum Gasteiger partial charge on any atom is -0.322 e. The van der Waals surface area contributed by atoms with Crippen LogP contribution in [0.25, 0.3) is 0 Å². The summed E-state index contributed by atoms with van der Waals surface area (Å²) in [5.41, 5.74) is -0.491. The highest BCUT2D eigenvalue weighted by Crippen LogP contribution is 2.27. The fourth-order valence-electron chi connectivity index (χ4n) is 3.12. The van der Waals surface area contributed by atoms with E-state index in [0.29, 0.717) is 30.5 Å². The lowest BCUT2D eigenvalue weighted by atomic mass is 9.99. The van der Waals surface area contributed by atoms with E-state index in [1.807, 2.05) is 25.1 Å². The molecular formula is C22H25NO3S. The van der Waals surface area contributed by atoms with E-state index in [4.69, 9.17) is 2.74 Å². The van der Waals surface area contributed by atoms with Gasteiger partial charge in [-0.05, 0) is 62.8 Å². The van der Waals surface area contributed by atoms with Gasteiger partial charge < -0.3 is 5.32 Å². The van der Waals surface area contributed by atoms with Crippen LogP contribution in [0.2, 0.25) is 0 Å². The minimum absolute atomic E-state index is 0.0309. The average molecular weight is 386 g/mol. The molecule has 1 amide bonds. The van der Waals surface area contributed by atoms with Gasteiger partial charge in [-0.2, -0.15) is 0 Å². The van der Waals surface area contributed by atoms with Crippen molar-refractivity contribution in [3.63, 3.8) is 0 Å². The van der Waals surface area contributed by atoms with Gasteiger partial charge in [0.25, 0.3) is 5.91 Å². The third kappa shape index (κ3) is 5.30. The zero-order chi connectivity index (χ0) is 21.1. The van der Waals surface area contributed by atoms with Crippen molar-refractivity contribution in [2.75, 3.05) is 11.0 Å². The summed E-state index contributed by atoms with van der Waals surface area (Å²) in [4.78, 5) is 12.7. The molecule has 2 aromatic rings. The van der Waals surface area contributed by atoms with Crippen LogP contribution >= 0.6 is 0 Å². The summed E-state index contributed by atoms with van der Waals surface area (Å²) in [6.45, 7) is 1.85. The van der Waals surface area contributed by atoms with E-state index < -0.39 is 21.5 Å². The number of amides is 1. The molecule has 0 saturated heterocycles. The molecule has 0 spiro atoms. The summed E-state index contributed by atoms with van der Waals surface area (Å²) < 4.78 is 43.1. The summed E-state index contributed by atoms with van der Waals surface area (Å²) in [5.74, 6) is -1.12. The van der Waals surface area contributed by atoms with Crippen molar-refractivity contribution in [1.29, 1.82) is 0 Å². The molecule has 1 aliphatic rings. The predicted molar refractivity (Wildman–Crippen MR) is 108 cm³/mol. The maximum absolute atomic E-state index is 13.0. The van der Waals surface area contributed by atoms with Gasteiger partial charge in [-0.1, -0.05) is 42.0 Å². The number of hydrogen-bond acceptors (Lipinski definition) is 3. The number of benzene rings is 2. The third-order valence-corrected chi connectivity index (χ3v) is 6.13. The zero-order valence-corrected chi connectivity index (χ0v) is 16.1. The molecule has 0 bridgehead atoms. The van der Waals surface area contributed by atoms with Crippen molar-refractivity contribution in [3.8, 4) is 0 Å². The summed E-state index contributed by atoms with van der Waals surface area (Å²) in [7, 11) is -4.20. The quantitative estimate of drug-likeness (QED) is 0.823. The lowest BCUT2D eigenvalue weighted by Crippen LogP contribution is -2.20. The normalized spacial score (nSPS) is 19.3. The monoisotopic (exact) mass is 385 g/mol. The topological polar surface area (TPSA) is 63.2 Å². The Labute approximate surface area is 164 Å². The third-order valence-electron chi connectivity index (χ3n) is 4.59. The van der Waals surface area contributed by atoms with Gasteiger partial charge in [-0.25, -0.2) is 8.42 Å². The molecule has 0 radical (unpaired) electrons. The van der Waals surface area contributed by atoms with E-state index in [2.05, 4.69) is 5.32 Å². The number of para-hydroxylation sites is 1. The highest BCUT2D eigenvalue weighted by atomic mass is 32.2. The molecule has 27 heavy (non-hydrogen) atoms. The molecule has 0 heterocycles. The van der Waals surface area contributed by atoms with E-state index in [1.54, 1.807) is 30.3 Å². The van der Waals surface area contributed by atoms with Crippen molar-refractivity contribution in [3.05, 3.63) is 71.8 Å². The van der Waals surface area contributed by atoms with Crippen LogP contribution in [0.15, 0.2) is 71.1 Å². The van der Waals surface area contributed by atoms with E-state index in [-0.39, 0.29) is 17.2 Å². The van der Waals surface area contributed by atoms with Crippen molar-refractivity contribution in [2.24, 2.45) is 5.92 Å². The summed E-state index contributed by atoms with van der Waals surface area (Å²) in [6.07, 6.45) is 3.53. The molecule has 2 aromatic carbocycles. The van der Waals surface area contributed by atoms with Gasteiger partial charge in [0.2, 0.25) is 0 Å². The molecule has 5 heteroatoms. The number of sulfone groups is 1. The fourth-order valence-corrected chi connectivity index (χ4v) is 4.39. The van der Waals surface area contributed by atoms with Crippen LogP contribution < -0.4 is 5.32 Å². The molecular weight excluding hydrogens is 358 g/mol. The maximum Gasteiger partial charge on any atom is 0.251 e. The average Bonchev–Trinajstić information content (AvgIpc) is 2.96. The van der Waals surface area contributed by atoms with Crippen LogP contribution in [0, 0.1) is 12.8 Å². The van der Waals surface area contributed by atoms with Gasteiger partial charge in [-0.3, -0.25) is 4.79 Å². The first kappa shape index (κ1) is 16.8. The summed E-state index contributed by atoms with van der Waals surface area (Å²) in [6, 6.07) is 15.2. The number of carbonyl (C=O) groups is 1. The molecule has 1 unspecified atom stereocenters. The second-order valence-corrected chi connectivity index (χ2v) is 8.53. The van der Waals surface area contributed by atoms with Gasteiger partial charge in [-0.15, -0.1) is 0 Å². The van der Waals surface area contributed by atoms with Crippen molar-refractivity contribution >= 4 is 21.4 Å². The minimum atomic E-state index is -4.20. The van der Waals surface area contributed by atoms with Crippen LogP contribution in [0.1, 0.15) is 34.0 Å². The van der Waals surface area contributed by atoms with Gasteiger partial charge in [0.15, 0.2) is 9.84 Å². The number of rotatable bonds is 5. The number of aryl methyl sites for hydroxylation is 1. The molecule has 1 aliphatic carbocycles. The van der Waals surface area contributed by atoms with Crippen LogP contribution in [0.3, 0.4) is 0 Å². The Morgan fingerprint density at radius 2 is 1.85 bits per heavy atom. The number of anilines is 1. The van der Waals surface area contributed by atoms with Gasteiger partial charge in [0.05, 0.1) is 10.6 Å². The molecule has 1 N–H and O–H groups in total. The second-order valence-electron chi connectivity index (χ2n) is 6.82. The molecule has 3 rings (SSSR count). The summed E-state index contributed by atoms with van der Waals surface area (Å²) >= 11 is 0. The highest BCUT2D eigenvalue weighted by Gasteiger charge is 2.25. The molecule has 0 saturated carbocycles. The molecule has 142 valence electrons. The van der Waals surface area contributed by atoms with Gasteiger partial charge in [0.1, 0.15) is 0 Å². The van der Waals surface area contributed by atoms with E-state index in [9.17, 15) is 13.2 Å². The Morgan fingerprint density at radius 3 is 2.56 bits per heavy atom. The molecule has 4 nitrogen and oxygen atoms in total. The van der Waals surface area contributed by atoms with E-state index in [0.717, 1.165) is 5.56 Å². The van der Waals surface area contributed by atoms with E-state index in [1.165, 1.54) is 12.1 Å². The smallest absolute Gasteiger partial charge is 0.251 e. The molecule has 0 aliphatic heterocycles. The maximum atomic E-state index is 13.0. The number of nitrogens with one attached hydrogen (secondary N) is 1. The SMILES string of the molecule is [2H]C([2H])(C1CCCC=C(C(=O)Nc2ccccc2)C1)S(=O)(=O)c1ccc(C)cc1. The molecule has 0 aromatic heterocycles. The first-order valence-corrected chi connectivity index (χ1v) is 10.6. The highest BCUT2D eigenvalue weighted by molar-refractivity contribution is 7.91. The first-order chi connectivity index (χ1) is 13.7. The first-order valence-electron chi connectivity index (χ1n) is 10.1. The number of carbonyl (C=O) groups excluding carboxylic acids is 1. The standard InChI is InChI=1S/C22H25NO3S/c1-17-11-13-21(14-12-17)27(25,26)16-18-7-5-6-8-19(15-18)22(24)23-20-9-3-2-4-10-20/h2-4,8-14,18H,5-7,15-16H2,1H3,(H,23,24)/i16D2. The van der Waals surface area contributed by atoms with Crippen molar-refractivity contribution in [1.82, 2.24) is 0 Å². The Hall–Kier alpha value is -2.40. The molecule has 0 fully saturated rings. The Morgan fingerprint density at radius 1 is 1.15 bits per heavy atom. The van der Waals surface area contributed by atoms with Crippen LogP contribution in [0.5, 0.6) is 0 Å². The van der Waals surface area contributed by atoms with Crippen LogP contribution in [-0.2, 0) is 14.6 Å². The van der Waals surface area contributed by atoms with Gasteiger partial charge in [0, 0.05) is 14.0 Å². The van der Waals surface area contributed by atoms with Gasteiger partial charge >= 0.3 is 0 Å².